The summed E-state index contributed by atoms with van der Waals surface area (Å²) >= 11 is 0. The Hall–Kier alpha value is -2.12. The second kappa shape index (κ2) is 12.8. The molecule has 176 valence electrons. The second-order valence-electron chi connectivity index (χ2n) is 8.93. The normalized spacial score (nSPS) is 18.6. The van der Waals surface area contributed by atoms with E-state index in [1.807, 2.05) is 24.3 Å². The lowest BCUT2D eigenvalue weighted by molar-refractivity contribution is 0.205. The van der Waals surface area contributed by atoms with Crippen molar-refractivity contribution in [2.75, 3.05) is 40.4 Å². The molecule has 0 aliphatic carbocycles. The van der Waals surface area contributed by atoms with Crippen LogP contribution in [0.3, 0.4) is 0 Å². The minimum atomic E-state index is 0.404. The molecular formula is C26H40N4O2. The maximum Gasteiger partial charge on any atom is 0.119 e. The van der Waals surface area contributed by atoms with E-state index in [1.165, 1.54) is 11.1 Å². The maximum atomic E-state index is 5.89. The van der Waals surface area contributed by atoms with E-state index in [0.717, 1.165) is 76.5 Å². The molecule has 2 fully saturated rings. The third-order valence-corrected chi connectivity index (χ3v) is 6.35. The molecule has 2 aliphatic rings. The average molecular weight is 441 g/mol. The quantitative estimate of drug-likeness (QED) is 0.718. The highest BCUT2D eigenvalue weighted by Crippen LogP contribution is 2.18. The Bertz CT molecular complexity index is 732. The molecule has 0 bridgehead atoms. The predicted molar refractivity (Wildman–Crippen MR) is 131 cm³/mol. The number of piperidine rings is 2. The van der Waals surface area contributed by atoms with Gasteiger partial charge in [0.15, 0.2) is 0 Å². The van der Waals surface area contributed by atoms with Gasteiger partial charge in [-0.2, -0.15) is 0 Å². The van der Waals surface area contributed by atoms with Gasteiger partial charge in [0.2, 0.25) is 0 Å². The summed E-state index contributed by atoms with van der Waals surface area (Å²) in [5.41, 5.74) is 14.4. The molecule has 6 heteroatoms. The van der Waals surface area contributed by atoms with Gasteiger partial charge in [0.1, 0.15) is 11.5 Å². The van der Waals surface area contributed by atoms with Gasteiger partial charge in [-0.05, 0) is 87.3 Å². The number of hydrogen-bond acceptors (Lipinski definition) is 6. The summed E-state index contributed by atoms with van der Waals surface area (Å²) in [4.78, 5) is 4.91. The highest BCUT2D eigenvalue weighted by atomic mass is 16.5. The van der Waals surface area contributed by atoms with E-state index in [1.54, 1.807) is 14.2 Å². The molecular weight excluding hydrogens is 400 g/mol. The first-order valence-corrected chi connectivity index (χ1v) is 11.8. The van der Waals surface area contributed by atoms with E-state index in [-0.39, 0.29) is 0 Å². The first-order valence-electron chi connectivity index (χ1n) is 11.8. The van der Waals surface area contributed by atoms with Crippen molar-refractivity contribution in [1.29, 1.82) is 0 Å². The number of rotatable bonds is 6. The van der Waals surface area contributed by atoms with Gasteiger partial charge in [-0.25, -0.2) is 0 Å². The van der Waals surface area contributed by atoms with Crippen LogP contribution in [0.2, 0.25) is 0 Å². The number of methoxy groups -OCH3 is 2. The molecule has 0 radical (unpaired) electrons. The van der Waals surface area contributed by atoms with Gasteiger partial charge in [0, 0.05) is 25.2 Å². The van der Waals surface area contributed by atoms with Crippen molar-refractivity contribution in [2.45, 2.75) is 50.9 Å². The summed E-state index contributed by atoms with van der Waals surface area (Å²) in [6.45, 7) is 6.45. The largest absolute Gasteiger partial charge is 0.497 e. The van der Waals surface area contributed by atoms with Gasteiger partial charge >= 0.3 is 0 Å². The van der Waals surface area contributed by atoms with Crippen molar-refractivity contribution in [2.24, 2.45) is 11.5 Å². The number of benzene rings is 2. The smallest absolute Gasteiger partial charge is 0.119 e. The highest BCUT2D eigenvalue weighted by molar-refractivity contribution is 5.29. The Balaban J connectivity index is 0.000000181. The summed E-state index contributed by atoms with van der Waals surface area (Å²) < 4.78 is 10.4. The van der Waals surface area contributed by atoms with Gasteiger partial charge in [-0.15, -0.1) is 0 Å². The van der Waals surface area contributed by atoms with E-state index < -0.39 is 0 Å². The molecule has 0 unspecified atom stereocenters. The van der Waals surface area contributed by atoms with Gasteiger partial charge in [-0.3, -0.25) is 9.80 Å². The Kier molecular flexibility index (Phi) is 9.81. The van der Waals surface area contributed by atoms with Crippen LogP contribution in [0.15, 0.2) is 48.5 Å². The maximum absolute atomic E-state index is 5.89. The summed E-state index contributed by atoms with van der Waals surface area (Å²) in [5.74, 6) is 1.87. The van der Waals surface area contributed by atoms with Gasteiger partial charge in [-0.1, -0.05) is 24.3 Å². The van der Waals surface area contributed by atoms with Gasteiger partial charge < -0.3 is 20.9 Å². The van der Waals surface area contributed by atoms with E-state index in [0.29, 0.717) is 12.1 Å². The summed E-state index contributed by atoms with van der Waals surface area (Å²) in [5, 5.41) is 0. The molecule has 0 spiro atoms. The van der Waals surface area contributed by atoms with Crippen LogP contribution in [0.1, 0.15) is 36.8 Å². The molecule has 2 saturated heterocycles. The number of hydrogen-bond donors (Lipinski definition) is 2. The zero-order valence-electron chi connectivity index (χ0n) is 19.7. The van der Waals surface area contributed by atoms with Crippen LogP contribution in [-0.2, 0) is 13.1 Å². The molecule has 0 saturated carbocycles. The third-order valence-electron chi connectivity index (χ3n) is 6.35. The standard InChI is InChI=1S/2C13H20N2O/c2*1-16-13-4-2-3-11(9-13)10-15-7-5-12(14)6-8-15/h2*2-4,9,12H,5-8,10,14H2,1H3. The first-order chi connectivity index (χ1) is 15.6. The van der Waals surface area contributed by atoms with Crippen LogP contribution in [0.25, 0.3) is 0 Å². The van der Waals surface area contributed by atoms with Gasteiger partial charge in [0.05, 0.1) is 14.2 Å². The molecule has 2 heterocycles. The monoisotopic (exact) mass is 440 g/mol. The van der Waals surface area contributed by atoms with Crippen molar-refractivity contribution in [1.82, 2.24) is 9.80 Å². The molecule has 2 aromatic rings. The fourth-order valence-corrected chi connectivity index (χ4v) is 4.28. The first kappa shape index (κ1) is 24.5. The topological polar surface area (TPSA) is 77.0 Å². The minimum Gasteiger partial charge on any atom is -0.497 e. The molecule has 0 atom stereocenters. The molecule has 2 aromatic carbocycles. The molecule has 2 aliphatic heterocycles. The lowest BCUT2D eigenvalue weighted by atomic mass is 10.1. The molecule has 0 amide bonds. The fourth-order valence-electron chi connectivity index (χ4n) is 4.28. The summed E-state index contributed by atoms with van der Waals surface area (Å²) in [7, 11) is 3.41. The van der Waals surface area contributed by atoms with Crippen molar-refractivity contribution in [3.63, 3.8) is 0 Å². The van der Waals surface area contributed by atoms with Crippen molar-refractivity contribution >= 4 is 0 Å². The van der Waals surface area contributed by atoms with Crippen LogP contribution in [-0.4, -0.2) is 62.3 Å². The van der Waals surface area contributed by atoms with Crippen LogP contribution in [0.5, 0.6) is 11.5 Å². The Morgan fingerprint density at radius 2 is 1.06 bits per heavy atom. The molecule has 6 nitrogen and oxygen atoms in total. The SMILES string of the molecule is COc1cccc(CN2CCC(N)CC2)c1.COc1cccc(CN2CCC(N)CC2)c1. The zero-order valence-corrected chi connectivity index (χ0v) is 19.7. The van der Waals surface area contributed by atoms with Crippen LogP contribution in [0, 0.1) is 0 Å². The van der Waals surface area contributed by atoms with E-state index in [9.17, 15) is 0 Å². The molecule has 0 aromatic heterocycles. The Morgan fingerprint density at radius 3 is 1.41 bits per heavy atom. The summed E-state index contributed by atoms with van der Waals surface area (Å²) in [6.07, 6.45) is 4.46. The molecule has 4 N–H and O–H groups in total. The predicted octanol–water partition coefficient (Wildman–Crippen LogP) is 3.24. The van der Waals surface area contributed by atoms with E-state index in [4.69, 9.17) is 20.9 Å². The number of ether oxygens (including phenoxy) is 2. The number of likely N-dealkylation sites (tertiary alicyclic amines) is 2. The van der Waals surface area contributed by atoms with E-state index in [2.05, 4.69) is 34.1 Å². The number of nitrogens with zero attached hydrogens (tertiary/aromatic N) is 2. The minimum absolute atomic E-state index is 0.404. The third kappa shape index (κ3) is 8.10. The van der Waals surface area contributed by atoms with Crippen LogP contribution < -0.4 is 20.9 Å². The highest BCUT2D eigenvalue weighted by Gasteiger charge is 2.16. The fraction of sp³-hybridized carbons (Fsp3) is 0.538. The van der Waals surface area contributed by atoms with Crippen LogP contribution in [0.4, 0.5) is 0 Å². The average Bonchev–Trinajstić information content (AvgIpc) is 2.83. The Morgan fingerprint density at radius 1 is 0.688 bits per heavy atom. The van der Waals surface area contributed by atoms with Crippen molar-refractivity contribution in [3.05, 3.63) is 59.7 Å². The van der Waals surface area contributed by atoms with Crippen molar-refractivity contribution < 1.29 is 9.47 Å². The molecule has 32 heavy (non-hydrogen) atoms. The van der Waals surface area contributed by atoms with Crippen molar-refractivity contribution in [3.8, 4) is 11.5 Å². The summed E-state index contributed by atoms with van der Waals surface area (Å²) in [6, 6.07) is 17.4. The van der Waals surface area contributed by atoms with E-state index >= 15 is 0 Å². The van der Waals surface area contributed by atoms with Crippen LogP contribution >= 0.6 is 0 Å². The lowest BCUT2D eigenvalue weighted by Crippen LogP contribution is -2.39. The second-order valence-corrected chi connectivity index (χ2v) is 8.93. The lowest BCUT2D eigenvalue weighted by Gasteiger charge is -2.30. The van der Waals surface area contributed by atoms with Gasteiger partial charge in [0.25, 0.3) is 0 Å². The Labute approximate surface area is 193 Å². The zero-order chi connectivity index (χ0) is 22.8. The number of nitrogens with two attached hydrogens (primary N) is 2. The molecule has 4 rings (SSSR count).